The fourth-order valence-electron chi connectivity index (χ4n) is 3.11. The van der Waals surface area contributed by atoms with Crippen molar-refractivity contribution in [1.29, 1.82) is 0 Å². The van der Waals surface area contributed by atoms with Crippen molar-refractivity contribution in [3.8, 4) is 0 Å². The molecule has 0 radical (unpaired) electrons. The van der Waals surface area contributed by atoms with E-state index in [4.69, 9.17) is 5.11 Å². The quantitative estimate of drug-likeness (QED) is 0.895. The second kappa shape index (κ2) is 6.15. The van der Waals surface area contributed by atoms with E-state index in [0.29, 0.717) is 11.8 Å². The fraction of sp³-hybridized carbons (Fsp3) is 0.533. The van der Waals surface area contributed by atoms with Gasteiger partial charge < -0.3 is 5.11 Å². The van der Waals surface area contributed by atoms with E-state index in [-0.39, 0.29) is 16.5 Å². The van der Waals surface area contributed by atoms with Crippen LogP contribution in [0.1, 0.15) is 43.5 Å². The van der Waals surface area contributed by atoms with E-state index in [0.717, 1.165) is 19.3 Å². The summed E-state index contributed by atoms with van der Waals surface area (Å²) in [7, 11) is -3.59. The standard InChI is InChI=1S/C15H21NO4S/c1-10-7-11(2)9-13(8-10)16-21(19,20)14-5-3-12(4-6-14)15(17)18/h3-6,10-11,13,16H,7-9H2,1-2H3,(H,17,18). The number of carboxylic acids is 1. The van der Waals surface area contributed by atoms with Crippen LogP contribution in [-0.2, 0) is 10.0 Å². The zero-order chi connectivity index (χ0) is 15.6. The van der Waals surface area contributed by atoms with Crippen molar-refractivity contribution in [3.63, 3.8) is 0 Å². The molecule has 0 aromatic heterocycles. The fourth-order valence-corrected chi connectivity index (χ4v) is 4.37. The summed E-state index contributed by atoms with van der Waals surface area (Å²) < 4.78 is 27.4. The van der Waals surface area contributed by atoms with Crippen LogP contribution in [0, 0.1) is 11.8 Å². The van der Waals surface area contributed by atoms with Crippen LogP contribution in [-0.4, -0.2) is 25.5 Å². The number of benzene rings is 1. The molecule has 1 aliphatic carbocycles. The number of aromatic carboxylic acids is 1. The first-order valence-corrected chi connectivity index (χ1v) is 8.62. The molecule has 6 heteroatoms. The van der Waals surface area contributed by atoms with Crippen LogP contribution in [0.25, 0.3) is 0 Å². The summed E-state index contributed by atoms with van der Waals surface area (Å²) in [5.41, 5.74) is 0.0776. The van der Waals surface area contributed by atoms with E-state index in [1.54, 1.807) is 0 Å². The summed E-state index contributed by atoms with van der Waals surface area (Å²) in [6, 6.07) is 5.24. The van der Waals surface area contributed by atoms with Gasteiger partial charge in [0.15, 0.2) is 0 Å². The van der Waals surface area contributed by atoms with Gasteiger partial charge in [-0.3, -0.25) is 0 Å². The average Bonchev–Trinajstić information content (AvgIpc) is 2.37. The van der Waals surface area contributed by atoms with E-state index < -0.39 is 16.0 Å². The number of hydrogen-bond acceptors (Lipinski definition) is 3. The zero-order valence-corrected chi connectivity index (χ0v) is 13.1. The monoisotopic (exact) mass is 311 g/mol. The summed E-state index contributed by atoms with van der Waals surface area (Å²) in [6.45, 7) is 4.28. The Morgan fingerprint density at radius 3 is 2.10 bits per heavy atom. The molecule has 1 aliphatic rings. The minimum Gasteiger partial charge on any atom is -0.478 e. The highest BCUT2D eigenvalue weighted by Crippen LogP contribution is 2.29. The summed E-state index contributed by atoms with van der Waals surface area (Å²) in [5.74, 6) is -0.0477. The smallest absolute Gasteiger partial charge is 0.335 e. The van der Waals surface area contributed by atoms with E-state index in [9.17, 15) is 13.2 Å². The minimum atomic E-state index is -3.59. The van der Waals surface area contributed by atoms with Gasteiger partial charge in [-0.15, -0.1) is 0 Å². The maximum atomic E-state index is 12.3. The molecule has 1 aromatic carbocycles. The maximum Gasteiger partial charge on any atom is 0.335 e. The molecule has 2 atom stereocenters. The molecule has 1 aromatic rings. The van der Waals surface area contributed by atoms with Crippen molar-refractivity contribution in [1.82, 2.24) is 4.72 Å². The van der Waals surface area contributed by atoms with E-state index >= 15 is 0 Å². The van der Waals surface area contributed by atoms with Crippen molar-refractivity contribution in [2.45, 2.75) is 44.0 Å². The van der Waals surface area contributed by atoms with E-state index in [2.05, 4.69) is 18.6 Å². The molecule has 0 spiro atoms. The molecule has 1 fully saturated rings. The largest absolute Gasteiger partial charge is 0.478 e. The van der Waals surface area contributed by atoms with E-state index in [1.165, 1.54) is 24.3 Å². The lowest BCUT2D eigenvalue weighted by atomic mass is 9.81. The van der Waals surface area contributed by atoms with Crippen molar-refractivity contribution in [2.24, 2.45) is 11.8 Å². The molecule has 0 amide bonds. The lowest BCUT2D eigenvalue weighted by Crippen LogP contribution is -2.39. The molecule has 0 saturated heterocycles. The van der Waals surface area contributed by atoms with Gasteiger partial charge in [-0.25, -0.2) is 17.9 Å². The minimum absolute atomic E-state index is 0.0482. The lowest BCUT2D eigenvalue weighted by Gasteiger charge is -2.31. The molecule has 116 valence electrons. The van der Waals surface area contributed by atoms with Gasteiger partial charge in [-0.2, -0.15) is 0 Å². The first-order chi connectivity index (χ1) is 9.78. The predicted molar refractivity (Wildman–Crippen MR) is 79.7 cm³/mol. The van der Waals surface area contributed by atoms with Crippen LogP contribution in [0.2, 0.25) is 0 Å². The Balaban J connectivity index is 2.12. The number of rotatable bonds is 4. The number of nitrogens with one attached hydrogen (secondary N) is 1. The second-order valence-corrected chi connectivity index (χ2v) is 7.78. The number of carboxylic acid groups (broad SMARTS) is 1. The van der Waals surface area contributed by atoms with Crippen LogP contribution < -0.4 is 4.72 Å². The number of sulfonamides is 1. The third kappa shape index (κ3) is 4.04. The third-order valence-corrected chi connectivity index (χ3v) is 5.45. The Morgan fingerprint density at radius 1 is 1.10 bits per heavy atom. The molecule has 2 N–H and O–H groups in total. The first kappa shape index (κ1) is 16.0. The third-order valence-electron chi connectivity index (χ3n) is 3.91. The summed E-state index contributed by atoms with van der Waals surface area (Å²) in [5, 5.41) is 8.83. The summed E-state index contributed by atoms with van der Waals surface area (Å²) in [6.07, 6.45) is 2.82. The molecule has 1 saturated carbocycles. The van der Waals surface area contributed by atoms with Gasteiger partial charge in [0.05, 0.1) is 10.5 Å². The second-order valence-electron chi connectivity index (χ2n) is 6.07. The normalized spacial score (nSPS) is 26.5. The Hall–Kier alpha value is -1.40. The van der Waals surface area contributed by atoms with Crippen molar-refractivity contribution >= 4 is 16.0 Å². The van der Waals surface area contributed by atoms with Gasteiger partial charge in [-0.1, -0.05) is 13.8 Å². The number of carbonyl (C=O) groups is 1. The van der Waals surface area contributed by atoms with Crippen molar-refractivity contribution in [2.75, 3.05) is 0 Å². The Bertz CT molecular complexity index is 599. The maximum absolute atomic E-state index is 12.3. The highest BCUT2D eigenvalue weighted by molar-refractivity contribution is 7.89. The molecule has 21 heavy (non-hydrogen) atoms. The van der Waals surface area contributed by atoms with Gasteiger partial charge in [0.2, 0.25) is 10.0 Å². The molecule has 5 nitrogen and oxygen atoms in total. The van der Waals surface area contributed by atoms with E-state index in [1.807, 2.05) is 0 Å². The highest BCUT2D eigenvalue weighted by Gasteiger charge is 2.28. The molecule has 2 unspecified atom stereocenters. The van der Waals surface area contributed by atoms with Gasteiger partial charge in [0.25, 0.3) is 0 Å². The topological polar surface area (TPSA) is 83.5 Å². The Morgan fingerprint density at radius 2 is 1.62 bits per heavy atom. The van der Waals surface area contributed by atoms with Crippen LogP contribution in [0.5, 0.6) is 0 Å². The van der Waals surface area contributed by atoms with Crippen LogP contribution in [0.15, 0.2) is 29.2 Å². The highest BCUT2D eigenvalue weighted by atomic mass is 32.2. The average molecular weight is 311 g/mol. The van der Waals surface area contributed by atoms with Crippen molar-refractivity contribution < 1.29 is 18.3 Å². The SMILES string of the molecule is CC1CC(C)CC(NS(=O)(=O)c2ccc(C(=O)O)cc2)C1. The van der Waals surface area contributed by atoms with Gasteiger partial charge in [0, 0.05) is 6.04 Å². The van der Waals surface area contributed by atoms with Gasteiger partial charge >= 0.3 is 5.97 Å². The van der Waals surface area contributed by atoms with Gasteiger partial charge in [-0.05, 0) is 55.4 Å². The molecule has 2 rings (SSSR count). The van der Waals surface area contributed by atoms with Gasteiger partial charge in [0.1, 0.15) is 0 Å². The first-order valence-electron chi connectivity index (χ1n) is 7.13. The molecule has 0 heterocycles. The predicted octanol–water partition coefficient (Wildman–Crippen LogP) is 2.49. The Labute approximate surface area is 125 Å². The molecule has 0 bridgehead atoms. The summed E-state index contributed by atoms with van der Waals surface area (Å²) in [4.78, 5) is 10.9. The number of hydrogen-bond donors (Lipinski definition) is 2. The zero-order valence-electron chi connectivity index (χ0n) is 12.2. The molecule has 0 aliphatic heterocycles. The molecular formula is C15H21NO4S. The van der Waals surface area contributed by atoms with Crippen molar-refractivity contribution in [3.05, 3.63) is 29.8 Å². The van der Waals surface area contributed by atoms with Crippen LogP contribution in [0.4, 0.5) is 0 Å². The lowest BCUT2D eigenvalue weighted by molar-refractivity contribution is 0.0696. The molecular weight excluding hydrogens is 290 g/mol. The Kier molecular flexibility index (Phi) is 4.68. The van der Waals surface area contributed by atoms with Crippen LogP contribution >= 0.6 is 0 Å². The summed E-state index contributed by atoms with van der Waals surface area (Å²) >= 11 is 0. The van der Waals surface area contributed by atoms with Crippen LogP contribution in [0.3, 0.4) is 0 Å².